The van der Waals surface area contributed by atoms with Crippen LogP contribution < -0.4 is 0 Å². The minimum Gasteiger partial charge on any atom is -0.444 e. The lowest BCUT2D eigenvalue weighted by atomic mass is 10.0. The number of halogens is 1. The Hall–Kier alpha value is -1.03. The highest BCUT2D eigenvalue weighted by Gasteiger charge is 2.22. The van der Waals surface area contributed by atoms with Crippen molar-refractivity contribution in [3.8, 4) is 0 Å². The van der Waals surface area contributed by atoms with Crippen LogP contribution in [0.2, 0.25) is 0 Å². The number of rotatable bonds is 3. The van der Waals surface area contributed by atoms with Crippen LogP contribution >= 0.6 is 15.9 Å². The number of carbonyl (C=O) groups excluding carboxylic acids is 1. The fourth-order valence-electron chi connectivity index (χ4n) is 2.01. The molecular weight excluding hydrogens is 318 g/mol. The van der Waals surface area contributed by atoms with Crippen LogP contribution in [0, 0.1) is 13.8 Å². The summed E-state index contributed by atoms with van der Waals surface area (Å²) < 4.78 is 6.51. The number of hydrogen-bond donors (Lipinski definition) is 0. The first-order valence-corrected chi connectivity index (χ1v) is 7.67. The van der Waals surface area contributed by atoms with Crippen LogP contribution in [0.1, 0.15) is 44.4 Å². The molecule has 1 aromatic rings. The van der Waals surface area contributed by atoms with Crippen LogP contribution in [0.25, 0.3) is 0 Å². The zero-order chi connectivity index (χ0) is 15.5. The van der Waals surface area contributed by atoms with Gasteiger partial charge in [0, 0.05) is 17.6 Å². The molecule has 0 spiro atoms. The highest BCUT2D eigenvalue weighted by atomic mass is 79.9. The Morgan fingerprint density at radius 3 is 2.15 bits per heavy atom. The Morgan fingerprint density at radius 2 is 1.75 bits per heavy atom. The molecule has 0 N–H and O–H groups in total. The van der Waals surface area contributed by atoms with Crippen molar-refractivity contribution >= 4 is 22.0 Å². The van der Waals surface area contributed by atoms with Gasteiger partial charge in [0.15, 0.2) is 0 Å². The maximum absolute atomic E-state index is 12.2. The number of aryl methyl sites for hydroxylation is 2. The third-order valence-electron chi connectivity index (χ3n) is 3.04. The van der Waals surface area contributed by atoms with Gasteiger partial charge >= 0.3 is 6.09 Å². The predicted octanol–water partition coefficient (Wildman–Crippen LogP) is 4.82. The summed E-state index contributed by atoms with van der Waals surface area (Å²) >= 11 is 3.49. The number of benzene rings is 1. The van der Waals surface area contributed by atoms with Crippen LogP contribution in [-0.2, 0) is 11.3 Å². The average molecular weight is 342 g/mol. The number of ether oxygens (including phenoxy) is 1. The summed E-state index contributed by atoms with van der Waals surface area (Å²) in [4.78, 5) is 13.9. The molecule has 20 heavy (non-hydrogen) atoms. The van der Waals surface area contributed by atoms with E-state index in [2.05, 4.69) is 41.9 Å². The smallest absolute Gasteiger partial charge is 0.410 e. The topological polar surface area (TPSA) is 29.5 Å². The van der Waals surface area contributed by atoms with Gasteiger partial charge in [-0.3, -0.25) is 0 Å². The molecule has 0 radical (unpaired) electrons. The van der Waals surface area contributed by atoms with E-state index < -0.39 is 5.60 Å². The Balaban J connectivity index is 2.92. The molecule has 0 fully saturated rings. The van der Waals surface area contributed by atoms with Crippen molar-refractivity contribution in [3.63, 3.8) is 0 Å². The minimum atomic E-state index is -0.464. The van der Waals surface area contributed by atoms with E-state index in [1.807, 2.05) is 27.7 Å². The molecule has 4 heteroatoms. The highest BCUT2D eigenvalue weighted by molar-refractivity contribution is 9.10. The van der Waals surface area contributed by atoms with Crippen LogP contribution in [0.4, 0.5) is 4.79 Å². The van der Waals surface area contributed by atoms with E-state index in [1.54, 1.807) is 4.90 Å². The van der Waals surface area contributed by atoms with E-state index in [4.69, 9.17) is 4.74 Å². The summed E-state index contributed by atoms with van der Waals surface area (Å²) in [5.41, 5.74) is 3.08. The van der Waals surface area contributed by atoms with E-state index in [-0.39, 0.29) is 6.09 Å². The van der Waals surface area contributed by atoms with Gasteiger partial charge in [-0.05, 0) is 70.4 Å². The summed E-state index contributed by atoms with van der Waals surface area (Å²) in [5, 5.41) is 0. The second-order valence-electron chi connectivity index (χ2n) is 6.01. The Kier molecular flexibility index (Phi) is 5.63. The number of nitrogens with zero attached hydrogens (tertiary/aromatic N) is 1. The maximum Gasteiger partial charge on any atom is 0.410 e. The first-order chi connectivity index (χ1) is 9.14. The second kappa shape index (κ2) is 6.61. The Morgan fingerprint density at radius 1 is 1.25 bits per heavy atom. The molecule has 0 saturated heterocycles. The van der Waals surface area contributed by atoms with Gasteiger partial charge in [0.25, 0.3) is 0 Å². The van der Waals surface area contributed by atoms with E-state index in [0.29, 0.717) is 13.1 Å². The first-order valence-electron chi connectivity index (χ1n) is 6.87. The summed E-state index contributed by atoms with van der Waals surface area (Å²) in [5.74, 6) is 0. The molecule has 0 unspecified atom stereocenters. The summed E-state index contributed by atoms with van der Waals surface area (Å²) in [6, 6.07) is 4.15. The van der Waals surface area contributed by atoms with Crippen molar-refractivity contribution in [1.29, 1.82) is 0 Å². The van der Waals surface area contributed by atoms with Gasteiger partial charge in [0.2, 0.25) is 0 Å². The lowest BCUT2D eigenvalue weighted by Gasteiger charge is -2.27. The highest BCUT2D eigenvalue weighted by Crippen LogP contribution is 2.22. The standard InChI is InChI=1S/C16H24BrNO2/c1-7-18(15(19)20-16(4,5)6)10-14-11(2)8-13(17)9-12(14)3/h8-9H,7,10H2,1-6H3. The predicted molar refractivity (Wildman–Crippen MR) is 85.9 cm³/mol. The fraction of sp³-hybridized carbons (Fsp3) is 0.562. The molecule has 0 aliphatic carbocycles. The summed E-state index contributed by atoms with van der Waals surface area (Å²) in [7, 11) is 0. The maximum atomic E-state index is 12.2. The molecule has 0 aliphatic rings. The third kappa shape index (κ3) is 4.82. The van der Waals surface area contributed by atoms with Crippen molar-refractivity contribution in [3.05, 3.63) is 33.3 Å². The van der Waals surface area contributed by atoms with Crippen molar-refractivity contribution in [2.45, 2.75) is 53.7 Å². The van der Waals surface area contributed by atoms with Crippen molar-refractivity contribution < 1.29 is 9.53 Å². The van der Waals surface area contributed by atoms with Gasteiger partial charge in [-0.25, -0.2) is 4.79 Å². The lowest BCUT2D eigenvalue weighted by Crippen LogP contribution is -2.36. The second-order valence-corrected chi connectivity index (χ2v) is 6.93. The van der Waals surface area contributed by atoms with Crippen LogP contribution in [0.15, 0.2) is 16.6 Å². The quantitative estimate of drug-likeness (QED) is 0.788. The van der Waals surface area contributed by atoms with Gasteiger partial charge in [-0.15, -0.1) is 0 Å². The zero-order valence-electron chi connectivity index (χ0n) is 13.2. The molecule has 1 amide bonds. The van der Waals surface area contributed by atoms with Crippen molar-refractivity contribution in [1.82, 2.24) is 4.90 Å². The molecule has 0 aromatic heterocycles. The number of hydrogen-bond acceptors (Lipinski definition) is 2. The molecule has 0 heterocycles. The number of carbonyl (C=O) groups is 1. The molecule has 112 valence electrons. The van der Waals surface area contributed by atoms with E-state index in [9.17, 15) is 4.79 Å². The van der Waals surface area contributed by atoms with Gasteiger partial charge in [0.05, 0.1) is 0 Å². The molecule has 1 rings (SSSR count). The zero-order valence-corrected chi connectivity index (χ0v) is 14.8. The SMILES string of the molecule is CCN(Cc1c(C)cc(Br)cc1C)C(=O)OC(C)(C)C. The van der Waals surface area contributed by atoms with Crippen molar-refractivity contribution in [2.75, 3.05) is 6.54 Å². The van der Waals surface area contributed by atoms with E-state index in [0.717, 1.165) is 4.47 Å². The molecular formula is C16H24BrNO2. The molecule has 1 aromatic carbocycles. The monoisotopic (exact) mass is 341 g/mol. The van der Waals surface area contributed by atoms with Gasteiger partial charge in [0.1, 0.15) is 5.60 Å². The molecule has 0 bridgehead atoms. The van der Waals surface area contributed by atoms with Gasteiger partial charge in [-0.2, -0.15) is 0 Å². The first kappa shape index (κ1) is 17.0. The fourth-order valence-corrected chi connectivity index (χ4v) is 2.70. The summed E-state index contributed by atoms with van der Waals surface area (Å²) in [6.07, 6.45) is -0.262. The molecule has 3 nitrogen and oxygen atoms in total. The van der Waals surface area contributed by atoms with Crippen LogP contribution in [-0.4, -0.2) is 23.1 Å². The average Bonchev–Trinajstić information content (AvgIpc) is 2.25. The van der Waals surface area contributed by atoms with E-state index in [1.165, 1.54) is 16.7 Å². The lowest BCUT2D eigenvalue weighted by molar-refractivity contribution is 0.0244. The van der Waals surface area contributed by atoms with Gasteiger partial charge in [-0.1, -0.05) is 15.9 Å². The third-order valence-corrected chi connectivity index (χ3v) is 3.50. The normalized spacial score (nSPS) is 11.3. The Labute approximate surface area is 130 Å². The number of amides is 1. The van der Waals surface area contributed by atoms with E-state index >= 15 is 0 Å². The van der Waals surface area contributed by atoms with Crippen molar-refractivity contribution in [2.24, 2.45) is 0 Å². The largest absolute Gasteiger partial charge is 0.444 e. The van der Waals surface area contributed by atoms with Crippen LogP contribution in [0.5, 0.6) is 0 Å². The van der Waals surface area contributed by atoms with Gasteiger partial charge < -0.3 is 9.64 Å². The molecule has 0 aliphatic heterocycles. The molecule has 0 saturated carbocycles. The molecule has 0 atom stereocenters. The van der Waals surface area contributed by atoms with Crippen LogP contribution in [0.3, 0.4) is 0 Å². The summed E-state index contributed by atoms with van der Waals surface area (Å²) in [6.45, 7) is 13.0. The Bertz CT molecular complexity index is 469. The minimum absolute atomic E-state index is 0.262.